The number of nitrogens with zero attached hydrogens (tertiary/aromatic N) is 2. The fraction of sp³-hybridized carbons (Fsp3) is 0.333. The van der Waals surface area contributed by atoms with Gasteiger partial charge in [-0.2, -0.15) is 0 Å². The van der Waals surface area contributed by atoms with E-state index in [4.69, 9.17) is 9.47 Å². The molecule has 2 aromatic carbocycles. The Labute approximate surface area is 173 Å². The van der Waals surface area contributed by atoms with Crippen molar-refractivity contribution in [3.05, 3.63) is 63.7 Å². The number of non-ortho nitro benzene ring substituents is 1. The molecule has 0 unspecified atom stereocenters. The fourth-order valence-electron chi connectivity index (χ4n) is 3.17. The van der Waals surface area contributed by atoms with Gasteiger partial charge in [-0.3, -0.25) is 14.9 Å². The van der Waals surface area contributed by atoms with E-state index >= 15 is 0 Å². The molecule has 0 spiro atoms. The predicted molar refractivity (Wildman–Crippen MR) is 111 cm³/mol. The molecule has 30 heavy (non-hydrogen) atoms. The monoisotopic (exact) mass is 413 g/mol. The van der Waals surface area contributed by atoms with Crippen LogP contribution in [0.15, 0.2) is 42.5 Å². The number of hydrogen-bond acceptors (Lipinski definition) is 7. The van der Waals surface area contributed by atoms with Crippen LogP contribution in [0.5, 0.6) is 0 Å². The molecule has 3 rings (SSSR count). The number of nitrogens with one attached hydrogen (secondary N) is 1. The average molecular weight is 413 g/mol. The summed E-state index contributed by atoms with van der Waals surface area (Å²) in [6.07, 6.45) is 0.0458. The van der Waals surface area contributed by atoms with Gasteiger partial charge in [-0.15, -0.1) is 0 Å². The summed E-state index contributed by atoms with van der Waals surface area (Å²) >= 11 is 0. The van der Waals surface area contributed by atoms with Gasteiger partial charge in [0.15, 0.2) is 0 Å². The van der Waals surface area contributed by atoms with Crippen molar-refractivity contribution in [3.8, 4) is 0 Å². The van der Waals surface area contributed by atoms with E-state index in [0.29, 0.717) is 43.1 Å². The normalized spacial score (nSPS) is 13.6. The third-order valence-corrected chi connectivity index (χ3v) is 4.65. The van der Waals surface area contributed by atoms with Crippen molar-refractivity contribution in [1.82, 2.24) is 0 Å². The molecule has 1 amide bonds. The lowest BCUT2D eigenvalue weighted by atomic mass is 10.1. The van der Waals surface area contributed by atoms with Crippen molar-refractivity contribution in [1.29, 1.82) is 0 Å². The Morgan fingerprint density at radius 3 is 2.50 bits per heavy atom. The Morgan fingerprint density at radius 2 is 1.87 bits per heavy atom. The SMILES string of the molecule is CCOC(=O)c1ccc(N2CCOCC2)c(NC(=O)Cc2ccc([N+](=O)[O-])cc2)c1. The highest BCUT2D eigenvalue weighted by Gasteiger charge is 2.19. The van der Waals surface area contributed by atoms with Gasteiger partial charge in [0.25, 0.3) is 5.69 Å². The third-order valence-electron chi connectivity index (χ3n) is 4.65. The Hall–Kier alpha value is -3.46. The second-order valence-electron chi connectivity index (χ2n) is 6.70. The van der Waals surface area contributed by atoms with Gasteiger partial charge >= 0.3 is 5.97 Å². The summed E-state index contributed by atoms with van der Waals surface area (Å²) in [4.78, 5) is 37.1. The molecule has 158 valence electrons. The van der Waals surface area contributed by atoms with Crippen molar-refractivity contribution < 1.29 is 24.0 Å². The van der Waals surface area contributed by atoms with Crippen molar-refractivity contribution in [2.24, 2.45) is 0 Å². The molecule has 2 aromatic rings. The Balaban J connectivity index is 1.80. The van der Waals surface area contributed by atoms with E-state index < -0.39 is 10.9 Å². The predicted octanol–water partition coefficient (Wildman–Crippen LogP) is 2.79. The van der Waals surface area contributed by atoms with Gasteiger partial charge in [0.1, 0.15) is 0 Å². The van der Waals surface area contributed by atoms with Gasteiger partial charge in [0.2, 0.25) is 5.91 Å². The molecule has 1 saturated heterocycles. The molecule has 0 atom stereocenters. The Morgan fingerprint density at radius 1 is 1.17 bits per heavy atom. The van der Waals surface area contributed by atoms with E-state index in [2.05, 4.69) is 10.2 Å². The summed E-state index contributed by atoms with van der Waals surface area (Å²) in [7, 11) is 0. The minimum Gasteiger partial charge on any atom is -0.462 e. The second-order valence-corrected chi connectivity index (χ2v) is 6.70. The van der Waals surface area contributed by atoms with E-state index in [1.165, 1.54) is 12.1 Å². The number of morpholine rings is 1. The molecule has 0 radical (unpaired) electrons. The molecule has 1 aliphatic heterocycles. The Kier molecular flexibility index (Phi) is 6.97. The third kappa shape index (κ3) is 5.32. The van der Waals surface area contributed by atoms with Crippen LogP contribution in [-0.2, 0) is 20.7 Å². The maximum absolute atomic E-state index is 12.6. The zero-order valence-corrected chi connectivity index (χ0v) is 16.6. The first kappa shape index (κ1) is 21.3. The first-order valence-electron chi connectivity index (χ1n) is 9.65. The zero-order chi connectivity index (χ0) is 21.5. The molecule has 9 nitrogen and oxygen atoms in total. The summed E-state index contributed by atoms with van der Waals surface area (Å²) in [6.45, 7) is 4.48. The number of hydrogen-bond donors (Lipinski definition) is 1. The van der Waals surface area contributed by atoms with Crippen molar-refractivity contribution >= 4 is 28.9 Å². The van der Waals surface area contributed by atoms with E-state index in [-0.39, 0.29) is 24.6 Å². The van der Waals surface area contributed by atoms with Gasteiger partial charge in [-0.05, 0) is 30.7 Å². The number of amides is 1. The topological polar surface area (TPSA) is 111 Å². The number of nitro groups is 1. The highest BCUT2D eigenvalue weighted by Crippen LogP contribution is 2.29. The van der Waals surface area contributed by atoms with E-state index in [0.717, 1.165) is 5.69 Å². The average Bonchev–Trinajstić information content (AvgIpc) is 2.75. The maximum atomic E-state index is 12.6. The molecule has 9 heteroatoms. The molecular weight excluding hydrogens is 390 g/mol. The highest BCUT2D eigenvalue weighted by atomic mass is 16.6. The summed E-state index contributed by atoms with van der Waals surface area (Å²) < 4.78 is 10.4. The largest absolute Gasteiger partial charge is 0.462 e. The Bertz CT molecular complexity index is 923. The molecule has 0 saturated carbocycles. The van der Waals surface area contributed by atoms with Gasteiger partial charge < -0.3 is 19.7 Å². The fourth-order valence-corrected chi connectivity index (χ4v) is 3.17. The lowest BCUT2D eigenvalue weighted by Crippen LogP contribution is -2.37. The first-order chi connectivity index (χ1) is 14.5. The van der Waals surface area contributed by atoms with Crippen LogP contribution in [0.25, 0.3) is 0 Å². The number of carbonyl (C=O) groups excluding carboxylic acids is 2. The van der Waals surface area contributed by atoms with Crippen LogP contribution in [0, 0.1) is 10.1 Å². The van der Waals surface area contributed by atoms with Gasteiger partial charge in [0.05, 0.1) is 48.1 Å². The van der Waals surface area contributed by atoms with Crippen LogP contribution in [0.2, 0.25) is 0 Å². The second kappa shape index (κ2) is 9.84. The molecule has 1 N–H and O–H groups in total. The van der Waals surface area contributed by atoms with Crippen LogP contribution in [-0.4, -0.2) is 49.7 Å². The standard InChI is InChI=1S/C21H23N3O6/c1-2-30-21(26)16-5-8-19(23-9-11-29-12-10-23)18(14-16)22-20(25)13-15-3-6-17(7-4-15)24(27)28/h3-8,14H,2,9-13H2,1H3,(H,22,25). The van der Waals surface area contributed by atoms with Crippen LogP contribution < -0.4 is 10.2 Å². The minimum atomic E-state index is -0.487. The van der Waals surface area contributed by atoms with E-state index in [1.807, 2.05) is 0 Å². The number of carbonyl (C=O) groups is 2. The molecule has 1 fully saturated rings. The number of esters is 1. The zero-order valence-electron chi connectivity index (χ0n) is 16.6. The first-order valence-corrected chi connectivity index (χ1v) is 9.65. The van der Waals surface area contributed by atoms with E-state index in [1.54, 1.807) is 37.3 Å². The minimum absolute atomic E-state index is 0.0316. The van der Waals surface area contributed by atoms with Crippen LogP contribution in [0.3, 0.4) is 0 Å². The van der Waals surface area contributed by atoms with Gasteiger partial charge in [-0.25, -0.2) is 4.79 Å². The number of ether oxygens (including phenoxy) is 2. The maximum Gasteiger partial charge on any atom is 0.338 e. The van der Waals surface area contributed by atoms with Gasteiger partial charge in [-0.1, -0.05) is 12.1 Å². The van der Waals surface area contributed by atoms with Crippen molar-refractivity contribution in [2.45, 2.75) is 13.3 Å². The van der Waals surface area contributed by atoms with Crippen LogP contribution >= 0.6 is 0 Å². The summed E-state index contributed by atoms with van der Waals surface area (Å²) in [5, 5.41) is 13.6. The van der Waals surface area contributed by atoms with E-state index in [9.17, 15) is 19.7 Å². The number of nitro benzene ring substituents is 1. The summed E-state index contributed by atoms with van der Waals surface area (Å²) in [6, 6.07) is 10.9. The van der Waals surface area contributed by atoms with Crippen molar-refractivity contribution in [3.63, 3.8) is 0 Å². The van der Waals surface area contributed by atoms with Crippen LogP contribution in [0.1, 0.15) is 22.8 Å². The summed E-state index contributed by atoms with van der Waals surface area (Å²) in [5.74, 6) is -0.753. The van der Waals surface area contributed by atoms with Crippen molar-refractivity contribution in [2.75, 3.05) is 43.1 Å². The molecular formula is C21H23N3O6. The smallest absolute Gasteiger partial charge is 0.338 e. The van der Waals surface area contributed by atoms with Crippen LogP contribution in [0.4, 0.5) is 17.1 Å². The highest BCUT2D eigenvalue weighted by molar-refractivity contribution is 5.98. The number of anilines is 2. The lowest BCUT2D eigenvalue weighted by Gasteiger charge is -2.30. The summed E-state index contributed by atoms with van der Waals surface area (Å²) in [5.41, 5.74) is 2.26. The lowest BCUT2D eigenvalue weighted by molar-refractivity contribution is -0.384. The molecule has 0 aliphatic carbocycles. The quantitative estimate of drug-likeness (QED) is 0.422. The molecule has 1 aliphatic rings. The molecule has 0 aromatic heterocycles. The number of benzene rings is 2. The molecule has 1 heterocycles. The number of rotatable bonds is 7. The molecule has 0 bridgehead atoms. The van der Waals surface area contributed by atoms with Gasteiger partial charge in [0, 0.05) is 25.2 Å².